The van der Waals surface area contributed by atoms with Crippen LogP contribution in [0.1, 0.15) is 29.8 Å². The highest BCUT2D eigenvalue weighted by Crippen LogP contribution is 2.30. The van der Waals surface area contributed by atoms with Crippen LogP contribution in [-0.2, 0) is 0 Å². The van der Waals surface area contributed by atoms with Crippen LogP contribution in [0.4, 0.5) is 14.5 Å². The summed E-state index contributed by atoms with van der Waals surface area (Å²) in [6.45, 7) is 4.32. The van der Waals surface area contributed by atoms with Gasteiger partial charge in [-0.15, -0.1) is 0 Å². The fraction of sp³-hybridized carbons (Fsp3) is 0.286. The van der Waals surface area contributed by atoms with Crippen LogP contribution in [0.3, 0.4) is 0 Å². The van der Waals surface area contributed by atoms with Gasteiger partial charge in [-0.1, -0.05) is 23.2 Å². The second-order valence-corrected chi connectivity index (χ2v) is 8.78. The number of nitrogens with zero attached hydrogens (tertiary/aromatic N) is 3. The molecule has 2 atom stereocenters. The largest absolute Gasteiger partial charge is 0.375 e. The Labute approximate surface area is 199 Å². The van der Waals surface area contributed by atoms with Crippen LogP contribution >= 0.6 is 35.4 Å². The van der Waals surface area contributed by atoms with E-state index in [4.69, 9.17) is 28.9 Å². The van der Waals surface area contributed by atoms with Gasteiger partial charge in [-0.3, -0.25) is 10.2 Å². The quantitative estimate of drug-likeness (QED) is 0.375. The highest BCUT2D eigenvalue weighted by Gasteiger charge is 2.35. The van der Waals surface area contributed by atoms with E-state index in [2.05, 4.69) is 22.7 Å². The molecule has 32 heavy (non-hydrogen) atoms. The predicted molar refractivity (Wildman–Crippen MR) is 128 cm³/mol. The third-order valence-corrected chi connectivity index (χ3v) is 5.74. The number of hydrazone groups is 1. The van der Waals surface area contributed by atoms with Crippen LogP contribution in [0.15, 0.2) is 35.4 Å². The van der Waals surface area contributed by atoms with Crippen LogP contribution in [-0.4, -0.2) is 47.3 Å². The number of nitrogens with one attached hydrogen (secondary N) is 1. The van der Waals surface area contributed by atoms with E-state index in [0.717, 1.165) is 18.3 Å². The number of hydrogen-bond donors (Lipinski definition) is 2. The van der Waals surface area contributed by atoms with Crippen molar-refractivity contribution in [2.75, 3.05) is 18.0 Å². The molecule has 1 heterocycles. The predicted octanol–water partition coefficient (Wildman–Crippen LogP) is 4.18. The number of nitrogens with two attached hydrogens (primary N) is 1. The zero-order valence-corrected chi connectivity index (χ0v) is 19.6. The number of carbonyl (C=O) groups is 1. The Morgan fingerprint density at radius 3 is 2.44 bits per heavy atom. The maximum atomic E-state index is 14.8. The van der Waals surface area contributed by atoms with E-state index in [0.29, 0.717) is 23.7 Å². The summed E-state index contributed by atoms with van der Waals surface area (Å²) >= 11 is 16.7. The van der Waals surface area contributed by atoms with Crippen molar-refractivity contribution >= 4 is 58.3 Å². The van der Waals surface area contributed by atoms with E-state index in [1.54, 1.807) is 21.9 Å². The average molecular weight is 500 g/mol. The van der Waals surface area contributed by atoms with Gasteiger partial charge in [-0.25, -0.2) is 8.78 Å². The van der Waals surface area contributed by atoms with Crippen molar-refractivity contribution in [1.29, 1.82) is 0 Å². The number of hydrogen-bond acceptors (Lipinski definition) is 4. The number of amides is 1. The minimum Gasteiger partial charge on any atom is -0.375 e. The number of piperazine rings is 1. The van der Waals surface area contributed by atoms with Crippen LogP contribution in [0.25, 0.3) is 0 Å². The molecule has 6 nitrogen and oxygen atoms in total. The molecular formula is C21H21Cl2F2N5OS. The van der Waals surface area contributed by atoms with Crippen molar-refractivity contribution in [3.05, 3.63) is 63.1 Å². The molecule has 1 fully saturated rings. The van der Waals surface area contributed by atoms with Gasteiger partial charge in [0.05, 0.1) is 22.5 Å². The minimum atomic E-state index is -0.651. The van der Waals surface area contributed by atoms with Gasteiger partial charge in [-0.05, 0) is 50.3 Å². The van der Waals surface area contributed by atoms with Gasteiger partial charge in [-0.2, -0.15) is 5.10 Å². The lowest BCUT2D eigenvalue weighted by Crippen LogP contribution is -2.59. The van der Waals surface area contributed by atoms with Gasteiger partial charge in [0, 0.05) is 41.8 Å². The van der Waals surface area contributed by atoms with Crippen LogP contribution in [0.2, 0.25) is 10.0 Å². The lowest BCUT2D eigenvalue weighted by molar-refractivity contribution is 0.0574. The van der Waals surface area contributed by atoms with Gasteiger partial charge < -0.3 is 15.5 Å². The van der Waals surface area contributed by atoms with Gasteiger partial charge in [0.25, 0.3) is 5.91 Å². The fourth-order valence-electron chi connectivity index (χ4n) is 3.78. The first-order valence-electron chi connectivity index (χ1n) is 9.68. The van der Waals surface area contributed by atoms with Crippen LogP contribution < -0.4 is 16.1 Å². The molecule has 0 spiro atoms. The molecule has 1 aliphatic rings. The molecule has 11 heteroatoms. The normalized spacial score (nSPS) is 18.8. The SMILES string of the molecule is C[C@@H]1CN(c2cc(F)c(/C=N/NC(N)=S)cc2F)C[C@H](C)N1C(=O)c1ccc(Cl)cc1Cl. The zero-order valence-electron chi connectivity index (χ0n) is 17.3. The number of anilines is 1. The maximum Gasteiger partial charge on any atom is 0.255 e. The third kappa shape index (κ3) is 5.28. The summed E-state index contributed by atoms with van der Waals surface area (Å²) in [4.78, 5) is 16.5. The van der Waals surface area contributed by atoms with Crippen molar-refractivity contribution in [3.63, 3.8) is 0 Å². The van der Waals surface area contributed by atoms with Crippen molar-refractivity contribution in [2.45, 2.75) is 25.9 Å². The standard InChI is InChI=1S/C21H21Cl2F2N5OS/c1-11-9-29(19-7-17(24)13(5-18(19)25)8-27-28-21(26)32)10-12(2)30(11)20(31)15-4-3-14(22)6-16(15)23/h3-8,11-12H,9-10H2,1-2H3,(H3,26,28,32)/b27-8+/t11-,12+. The third-order valence-electron chi connectivity index (χ3n) is 5.10. The molecule has 1 saturated heterocycles. The van der Waals surface area contributed by atoms with Gasteiger partial charge in [0.2, 0.25) is 0 Å². The molecule has 0 saturated carbocycles. The molecule has 2 aromatic carbocycles. The molecule has 3 N–H and O–H groups in total. The monoisotopic (exact) mass is 499 g/mol. The highest BCUT2D eigenvalue weighted by molar-refractivity contribution is 7.80. The average Bonchev–Trinajstić information content (AvgIpc) is 2.69. The maximum absolute atomic E-state index is 14.8. The molecule has 3 rings (SSSR count). The Morgan fingerprint density at radius 1 is 1.19 bits per heavy atom. The molecule has 170 valence electrons. The Morgan fingerprint density at radius 2 is 1.84 bits per heavy atom. The summed E-state index contributed by atoms with van der Waals surface area (Å²) in [7, 11) is 0. The van der Waals surface area contributed by atoms with Gasteiger partial charge in [0.1, 0.15) is 11.6 Å². The number of carbonyl (C=O) groups excluding carboxylic acids is 1. The Bertz CT molecular complexity index is 1070. The Hall–Kier alpha value is -2.49. The van der Waals surface area contributed by atoms with E-state index in [-0.39, 0.29) is 39.4 Å². The summed E-state index contributed by atoms with van der Waals surface area (Å²) in [5, 5.41) is 4.27. The summed E-state index contributed by atoms with van der Waals surface area (Å²) in [5.74, 6) is -1.50. The minimum absolute atomic E-state index is 0.0534. The van der Waals surface area contributed by atoms with Crippen LogP contribution in [0.5, 0.6) is 0 Å². The first-order chi connectivity index (χ1) is 15.1. The smallest absolute Gasteiger partial charge is 0.255 e. The lowest BCUT2D eigenvalue weighted by atomic mass is 10.0. The highest BCUT2D eigenvalue weighted by atomic mass is 35.5. The molecule has 1 aliphatic heterocycles. The zero-order chi connectivity index (χ0) is 23.6. The van der Waals surface area contributed by atoms with Crippen molar-refractivity contribution in [1.82, 2.24) is 10.3 Å². The molecule has 0 aliphatic carbocycles. The van der Waals surface area contributed by atoms with Crippen LogP contribution in [0, 0.1) is 11.6 Å². The lowest BCUT2D eigenvalue weighted by Gasteiger charge is -2.45. The first-order valence-corrected chi connectivity index (χ1v) is 10.8. The number of thiocarbonyl (C=S) groups is 1. The van der Waals surface area contributed by atoms with E-state index in [9.17, 15) is 13.6 Å². The van der Waals surface area contributed by atoms with E-state index in [1.165, 1.54) is 6.07 Å². The number of rotatable bonds is 4. The first kappa shape index (κ1) is 24.2. The van der Waals surface area contributed by atoms with E-state index >= 15 is 0 Å². The second-order valence-electron chi connectivity index (χ2n) is 7.50. The summed E-state index contributed by atoms with van der Waals surface area (Å²) in [6.07, 6.45) is 1.10. The molecule has 1 amide bonds. The Kier molecular flexibility index (Phi) is 7.53. The second kappa shape index (κ2) is 9.97. The molecular weight excluding hydrogens is 479 g/mol. The summed E-state index contributed by atoms with van der Waals surface area (Å²) in [5.41, 5.74) is 7.94. The molecule has 0 radical (unpaired) electrons. The topological polar surface area (TPSA) is 74.0 Å². The molecule has 0 unspecified atom stereocenters. The Balaban J connectivity index is 1.80. The number of benzene rings is 2. The van der Waals surface area contributed by atoms with Gasteiger partial charge in [0.15, 0.2) is 5.11 Å². The number of halogens is 4. The van der Waals surface area contributed by atoms with Crippen molar-refractivity contribution in [3.8, 4) is 0 Å². The summed E-state index contributed by atoms with van der Waals surface area (Å²) in [6, 6.07) is 6.31. The van der Waals surface area contributed by atoms with Crippen molar-refractivity contribution in [2.24, 2.45) is 10.8 Å². The molecule has 0 aromatic heterocycles. The summed E-state index contributed by atoms with van der Waals surface area (Å²) < 4.78 is 29.4. The van der Waals surface area contributed by atoms with Crippen molar-refractivity contribution < 1.29 is 13.6 Å². The van der Waals surface area contributed by atoms with Gasteiger partial charge >= 0.3 is 0 Å². The van der Waals surface area contributed by atoms with E-state index < -0.39 is 11.6 Å². The van der Waals surface area contributed by atoms with E-state index in [1.807, 2.05) is 13.8 Å². The molecule has 2 aromatic rings. The fourth-order valence-corrected chi connectivity index (χ4v) is 4.32. The molecule has 0 bridgehead atoms.